The maximum atomic E-state index is 12.0. The molecular weight excluding hydrogens is 250 g/mol. The normalized spacial score (nSPS) is 14.3. The molecule has 0 radical (unpaired) electrons. The van der Waals surface area contributed by atoms with E-state index in [9.17, 15) is 4.79 Å². The molecule has 1 aromatic rings. The second kappa shape index (κ2) is 6.82. The first-order valence-corrected chi connectivity index (χ1v) is 6.76. The molecule has 102 valence electrons. The van der Waals surface area contributed by atoms with Gasteiger partial charge in [-0.1, -0.05) is 0 Å². The summed E-state index contributed by atoms with van der Waals surface area (Å²) in [4.78, 5) is 17.0. The predicted octanol–water partition coefficient (Wildman–Crippen LogP) is 1.50. The van der Waals surface area contributed by atoms with E-state index >= 15 is 0 Å². The van der Waals surface area contributed by atoms with Crippen molar-refractivity contribution in [3.8, 4) is 0 Å². The molecule has 6 heteroatoms. The highest BCUT2D eigenvalue weighted by atomic mass is 32.1. The van der Waals surface area contributed by atoms with Gasteiger partial charge in [-0.25, -0.2) is 4.98 Å². The Kier molecular flexibility index (Phi) is 5.71. The minimum absolute atomic E-state index is 0.0679. The minimum Gasteiger partial charge on any atom is -0.375 e. The third-order valence-electron chi connectivity index (χ3n) is 2.78. The van der Waals surface area contributed by atoms with Gasteiger partial charge in [-0.3, -0.25) is 4.79 Å². The summed E-state index contributed by atoms with van der Waals surface area (Å²) in [5.74, 6) is -0.0679. The smallest absolute Gasteiger partial charge is 0.263 e. The third kappa shape index (κ3) is 3.76. The summed E-state index contributed by atoms with van der Waals surface area (Å²) in [6.07, 6.45) is -0.0773. The number of hydrogen-bond donors (Lipinski definition) is 2. The fourth-order valence-corrected chi connectivity index (χ4v) is 2.34. The summed E-state index contributed by atoms with van der Waals surface area (Å²) in [6.45, 7) is 6.38. The molecule has 0 saturated carbocycles. The molecule has 1 amide bonds. The quantitative estimate of drug-likeness (QED) is 0.823. The molecule has 2 N–H and O–H groups in total. The number of aromatic nitrogens is 1. The molecule has 2 atom stereocenters. The number of likely N-dealkylation sites (N-methyl/N-ethyl adjacent to an activating group) is 1. The van der Waals surface area contributed by atoms with Gasteiger partial charge in [0.05, 0.1) is 5.69 Å². The highest BCUT2D eigenvalue weighted by Crippen LogP contribution is 2.25. The van der Waals surface area contributed by atoms with Crippen LogP contribution in [-0.4, -0.2) is 37.6 Å². The Morgan fingerprint density at radius 1 is 1.50 bits per heavy atom. The van der Waals surface area contributed by atoms with E-state index in [1.165, 1.54) is 11.3 Å². The lowest BCUT2D eigenvalue weighted by atomic mass is 10.3. The predicted molar refractivity (Wildman–Crippen MR) is 73.1 cm³/mol. The molecule has 1 heterocycles. The largest absolute Gasteiger partial charge is 0.375 e. The van der Waals surface area contributed by atoms with Gasteiger partial charge in [0.1, 0.15) is 16.0 Å². The highest BCUT2D eigenvalue weighted by molar-refractivity contribution is 7.13. The first-order chi connectivity index (χ1) is 8.49. The number of ether oxygens (including phenoxy) is 1. The van der Waals surface area contributed by atoms with Gasteiger partial charge in [0, 0.05) is 19.7 Å². The lowest BCUT2D eigenvalue weighted by Gasteiger charge is -2.10. The second-order valence-electron chi connectivity index (χ2n) is 4.24. The molecule has 0 aliphatic rings. The lowest BCUT2D eigenvalue weighted by molar-refractivity contribution is 0.0954. The zero-order valence-electron chi connectivity index (χ0n) is 11.5. The monoisotopic (exact) mass is 271 g/mol. The van der Waals surface area contributed by atoms with Gasteiger partial charge in [-0.05, 0) is 27.8 Å². The number of thiazole rings is 1. The van der Waals surface area contributed by atoms with E-state index in [1.54, 1.807) is 7.11 Å². The molecule has 0 aliphatic heterocycles. The van der Waals surface area contributed by atoms with Crippen molar-refractivity contribution < 1.29 is 9.53 Å². The van der Waals surface area contributed by atoms with E-state index in [1.807, 2.05) is 27.8 Å². The van der Waals surface area contributed by atoms with Gasteiger partial charge in [-0.2, -0.15) is 0 Å². The fraction of sp³-hybridized carbons (Fsp3) is 0.667. The van der Waals surface area contributed by atoms with E-state index in [0.717, 1.165) is 10.7 Å². The molecule has 18 heavy (non-hydrogen) atoms. The first-order valence-electron chi connectivity index (χ1n) is 5.95. The Balaban J connectivity index is 2.71. The molecule has 0 fully saturated rings. The summed E-state index contributed by atoms with van der Waals surface area (Å²) < 4.78 is 5.21. The minimum atomic E-state index is -0.0773. The molecule has 0 aliphatic carbocycles. The zero-order valence-corrected chi connectivity index (χ0v) is 12.4. The SMILES string of the molecule is CNC(C)CNC(=O)c1sc(C(C)OC)nc1C. The number of nitrogens with one attached hydrogen (secondary N) is 2. The van der Waals surface area contributed by atoms with Crippen molar-refractivity contribution in [1.29, 1.82) is 0 Å². The number of carbonyl (C=O) groups is 1. The van der Waals surface area contributed by atoms with Gasteiger partial charge in [-0.15, -0.1) is 11.3 Å². The van der Waals surface area contributed by atoms with E-state index in [-0.39, 0.29) is 18.1 Å². The Morgan fingerprint density at radius 2 is 2.17 bits per heavy atom. The third-order valence-corrected chi connectivity index (χ3v) is 4.10. The van der Waals surface area contributed by atoms with Crippen LogP contribution < -0.4 is 10.6 Å². The van der Waals surface area contributed by atoms with Crippen molar-refractivity contribution in [2.75, 3.05) is 20.7 Å². The van der Waals surface area contributed by atoms with Crippen LogP contribution in [0.5, 0.6) is 0 Å². The van der Waals surface area contributed by atoms with Crippen LogP contribution in [0.3, 0.4) is 0 Å². The summed E-state index contributed by atoms with van der Waals surface area (Å²) in [5, 5.41) is 6.80. The van der Waals surface area contributed by atoms with Crippen LogP contribution in [0.15, 0.2) is 0 Å². The van der Waals surface area contributed by atoms with Crippen LogP contribution in [0.2, 0.25) is 0 Å². The Bertz CT molecular complexity index is 406. The van der Waals surface area contributed by atoms with Gasteiger partial charge < -0.3 is 15.4 Å². The van der Waals surface area contributed by atoms with Crippen molar-refractivity contribution in [3.63, 3.8) is 0 Å². The van der Waals surface area contributed by atoms with Crippen molar-refractivity contribution in [3.05, 3.63) is 15.6 Å². The number of nitrogens with zero attached hydrogens (tertiary/aromatic N) is 1. The molecule has 1 aromatic heterocycles. The Labute approximate surface area is 112 Å². The van der Waals surface area contributed by atoms with E-state index in [2.05, 4.69) is 15.6 Å². The Hall–Kier alpha value is -0.980. The van der Waals surface area contributed by atoms with Crippen molar-refractivity contribution >= 4 is 17.2 Å². The van der Waals surface area contributed by atoms with Crippen molar-refractivity contribution in [2.24, 2.45) is 0 Å². The Morgan fingerprint density at radius 3 is 2.72 bits per heavy atom. The zero-order chi connectivity index (χ0) is 13.7. The maximum Gasteiger partial charge on any atom is 0.263 e. The number of carbonyl (C=O) groups excluding carboxylic acids is 1. The van der Waals surface area contributed by atoms with E-state index < -0.39 is 0 Å². The summed E-state index contributed by atoms with van der Waals surface area (Å²) in [6, 6.07) is 0.250. The summed E-state index contributed by atoms with van der Waals surface area (Å²) in [5.41, 5.74) is 0.758. The molecule has 1 rings (SSSR count). The second-order valence-corrected chi connectivity index (χ2v) is 5.27. The lowest BCUT2D eigenvalue weighted by Crippen LogP contribution is -2.37. The van der Waals surface area contributed by atoms with Gasteiger partial charge in [0.2, 0.25) is 0 Å². The van der Waals surface area contributed by atoms with Crippen LogP contribution in [0.4, 0.5) is 0 Å². The summed E-state index contributed by atoms with van der Waals surface area (Å²) >= 11 is 1.39. The van der Waals surface area contributed by atoms with Gasteiger partial charge in [0.15, 0.2) is 0 Å². The average molecular weight is 271 g/mol. The van der Waals surface area contributed by atoms with E-state index in [0.29, 0.717) is 11.4 Å². The molecule has 0 aromatic carbocycles. The number of rotatable bonds is 6. The number of methoxy groups -OCH3 is 1. The van der Waals surface area contributed by atoms with Crippen LogP contribution in [0, 0.1) is 6.92 Å². The average Bonchev–Trinajstić information content (AvgIpc) is 2.76. The topological polar surface area (TPSA) is 63.2 Å². The van der Waals surface area contributed by atoms with Crippen molar-refractivity contribution in [2.45, 2.75) is 32.9 Å². The number of aryl methyl sites for hydroxylation is 1. The van der Waals surface area contributed by atoms with Crippen LogP contribution >= 0.6 is 11.3 Å². The fourth-order valence-electron chi connectivity index (χ4n) is 1.33. The first kappa shape index (κ1) is 15.1. The van der Waals surface area contributed by atoms with Crippen LogP contribution in [0.1, 0.15) is 40.3 Å². The highest BCUT2D eigenvalue weighted by Gasteiger charge is 2.18. The number of hydrogen-bond acceptors (Lipinski definition) is 5. The van der Waals surface area contributed by atoms with Crippen LogP contribution in [-0.2, 0) is 4.74 Å². The van der Waals surface area contributed by atoms with E-state index in [4.69, 9.17) is 4.74 Å². The van der Waals surface area contributed by atoms with Crippen LogP contribution in [0.25, 0.3) is 0 Å². The van der Waals surface area contributed by atoms with Gasteiger partial charge >= 0.3 is 0 Å². The van der Waals surface area contributed by atoms with Crippen molar-refractivity contribution in [1.82, 2.24) is 15.6 Å². The maximum absolute atomic E-state index is 12.0. The van der Waals surface area contributed by atoms with Gasteiger partial charge in [0.25, 0.3) is 5.91 Å². The molecular formula is C12H21N3O2S. The molecule has 5 nitrogen and oxygen atoms in total. The molecule has 0 saturated heterocycles. The molecule has 0 spiro atoms. The summed E-state index contributed by atoms with van der Waals surface area (Å²) in [7, 11) is 3.50. The molecule has 0 bridgehead atoms. The molecule has 2 unspecified atom stereocenters. The number of amides is 1. The standard InChI is InChI=1S/C12H21N3O2S/c1-7(13-4)6-14-11(16)10-8(2)15-12(18-10)9(3)17-5/h7,9,13H,6H2,1-5H3,(H,14,16).